The molecule has 0 saturated carbocycles. The van der Waals surface area contributed by atoms with Crippen LogP contribution in [-0.4, -0.2) is 57.1 Å². The molecule has 186 valence electrons. The van der Waals surface area contributed by atoms with Crippen LogP contribution in [-0.2, 0) is 17.8 Å². The van der Waals surface area contributed by atoms with E-state index in [1.165, 1.54) is 0 Å². The van der Waals surface area contributed by atoms with Crippen LogP contribution >= 0.6 is 0 Å². The molecule has 5 rings (SSSR count). The van der Waals surface area contributed by atoms with E-state index in [0.29, 0.717) is 6.61 Å². The van der Waals surface area contributed by atoms with Crippen LogP contribution in [0.1, 0.15) is 12.0 Å². The SMILES string of the molecule is [O-][S+]1CCN(CCCNc2ccc3ncnc(Nc4ccc(OCc5ccccc5)cc4)c3c2)CC1. The summed E-state index contributed by atoms with van der Waals surface area (Å²) in [5.74, 6) is 3.19. The maximum atomic E-state index is 11.5. The molecule has 4 aromatic rings. The van der Waals surface area contributed by atoms with E-state index in [-0.39, 0.29) is 0 Å². The quantitative estimate of drug-likeness (QED) is 0.238. The molecule has 1 aliphatic rings. The highest BCUT2D eigenvalue weighted by Gasteiger charge is 2.18. The summed E-state index contributed by atoms with van der Waals surface area (Å²) in [6.07, 6.45) is 2.63. The number of hydrogen-bond acceptors (Lipinski definition) is 7. The summed E-state index contributed by atoms with van der Waals surface area (Å²) < 4.78 is 17.4. The maximum Gasteiger partial charge on any atom is 0.141 e. The van der Waals surface area contributed by atoms with E-state index < -0.39 is 11.2 Å². The predicted molar refractivity (Wildman–Crippen MR) is 147 cm³/mol. The molecule has 7 nitrogen and oxygen atoms in total. The van der Waals surface area contributed by atoms with Crippen molar-refractivity contribution >= 4 is 39.3 Å². The van der Waals surface area contributed by atoms with Crippen LogP contribution in [0.3, 0.4) is 0 Å². The fourth-order valence-electron chi connectivity index (χ4n) is 4.21. The molecule has 1 saturated heterocycles. The Balaban J connectivity index is 1.17. The van der Waals surface area contributed by atoms with Crippen LogP contribution in [0.15, 0.2) is 79.1 Å². The van der Waals surface area contributed by atoms with Crippen LogP contribution in [0.2, 0.25) is 0 Å². The Morgan fingerprint density at radius 2 is 1.69 bits per heavy atom. The minimum atomic E-state index is -0.620. The van der Waals surface area contributed by atoms with Gasteiger partial charge in [-0.05, 0) is 54.4 Å². The summed E-state index contributed by atoms with van der Waals surface area (Å²) in [5, 5.41) is 7.91. The van der Waals surface area contributed by atoms with E-state index >= 15 is 0 Å². The minimum absolute atomic E-state index is 0.541. The number of rotatable bonds is 10. The van der Waals surface area contributed by atoms with Gasteiger partial charge in [-0.25, -0.2) is 9.97 Å². The summed E-state index contributed by atoms with van der Waals surface area (Å²) in [6, 6.07) is 24.2. The first-order valence-electron chi connectivity index (χ1n) is 12.3. The molecule has 0 spiro atoms. The zero-order valence-corrected chi connectivity index (χ0v) is 21.0. The van der Waals surface area contributed by atoms with Crippen LogP contribution < -0.4 is 15.4 Å². The van der Waals surface area contributed by atoms with Gasteiger partial charge in [-0.3, -0.25) is 4.90 Å². The minimum Gasteiger partial charge on any atom is -0.616 e. The Hall–Kier alpha value is -3.33. The van der Waals surface area contributed by atoms with E-state index in [4.69, 9.17) is 4.74 Å². The first kappa shape index (κ1) is 24.4. The Kier molecular flexibility index (Phi) is 8.17. The summed E-state index contributed by atoms with van der Waals surface area (Å²) in [5.41, 5.74) is 4.01. The van der Waals surface area contributed by atoms with Gasteiger partial charge < -0.3 is 19.9 Å². The van der Waals surface area contributed by atoms with Crippen molar-refractivity contribution in [3.8, 4) is 5.75 Å². The highest BCUT2D eigenvalue weighted by Crippen LogP contribution is 2.27. The number of hydrogen-bond donors (Lipinski definition) is 2. The van der Waals surface area contributed by atoms with E-state index in [1.54, 1.807) is 6.33 Å². The molecular formula is C28H31N5O2S. The molecule has 2 N–H and O–H groups in total. The Morgan fingerprint density at radius 3 is 2.50 bits per heavy atom. The second-order valence-electron chi connectivity index (χ2n) is 8.85. The largest absolute Gasteiger partial charge is 0.616 e. The average molecular weight is 502 g/mol. The third-order valence-corrected chi connectivity index (χ3v) is 7.53. The Bertz CT molecular complexity index is 1250. The number of nitrogens with zero attached hydrogens (tertiary/aromatic N) is 3. The average Bonchev–Trinajstić information content (AvgIpc) is 2.92. The summed E-state index contributed by atoms with van der Waals surface area (Å²) in [7, 11) is 0. The molecule has 0 atom stereocenters. The fourth-order valence-corrected chi connectivity index (χ4v) is 5.34. The molecule has 1 fully saturated rings. The topological polar surface area (TPSA) is 85.4 Å². The molecule has 1 aliphatic heterocycles. The van der Waals surface area contributed by atoms with Crippen LogP contribution in [0.25, 0.3) is 10.9 Å². The van der Waals surface area contributed by atoms with E-state index in [9.17, 15) is 4.55 Å². The molecule has 1 aromatic heterocycles. The predicted octanol–water partition coefficient (Wildman–Crippen LogP) is 4.82. The molecule has 0 unspecified atom stereocenters. The van der Waals surface area contributed by atoms with Crippen LogP contribution in [0, 0.1) is 0 Å². The molecule has 8 heteroatoms. The number of anilines is 3. The zero-order valence-electron chi connectivity index (χ0n) is 20.2. The van der Waals surface area contributed by atoms with Crippen molar-refractivity contribution in [1.29, 1.82) is 0 Å². The second-order valence-corrected chi connectivity index (χ2v) is 10.5. The smallest absolute Gasteiger partial charge is 0.141 e. The second kappa shape index (κ2) is 12.1. The number of fused-ring (bicyclic) bond motifs is 1. The van der Waals surface area contributed by atoms with E-state index in [1.807, 2.05) is 48.5 Å². The van der Waals surface area contributed by atoms with Gasteiger partial charge in [-0.1, -0.05) is 41.5 Å². The van der Waals surface area contributed by atoms with Gasteiger partial charge >= 0.3 is 0 Å². The normalized spacial score (nSPS) is 14.6. The lowest BCUT2D eigenvalue weighted by molar-refractivity contribution is 0.294. The van der Waals surface area contributed by atoms with Gasteiger partial charge in [-0.2, -0.15) is 0 Å². The lowest BCUT2D eigenvalue weighted by atomic mass is 10.2. The van der Waals surface area contributed by atoms with E-state index in [2.05, 4.69) is 49.8 Å². The van der Waals surface area contributed by atoms with E-state index in [0.717, 1.165) is 83.5 Å². The van der Waals surface area contributed by atoms with Crippen molar-refractivity contribution in [1.82, 2.24) is 14.9 Å². The van der Waals surface area contributed by atoms with Gasteiger partial charge in [0.05, 0.1) is 5.52 Å². The number of benzene rings is 3. The van der Waals surface area contributed by atoms with Crippen LogP contribution in [0.4, 0.5) is 17.2 Å². The first-order chi connectivity index (χ1) is 17.7. The standard InChI is InChI=1S/C28H31N5O2S/c34-36-17-15-33(16-18-36)14-4-13-29-24-9-12-27-26(19-24)28(31-21-30-27)32-23-7-10-25(11-8-23)35-20-22-5-2-1-3-6-22/h1-3,5-12,19,21,29H,4,13-18,20H2,(H,30,31,32). The van der Waals surface area contributed by atoms with Gasteiger partial charge in [-0.15, -0.1) is 0 Å². The summed E-state index contributed by atoms with van der Waals surface area (Å²) >= 11 is -0.620. The van der Waals surface area contributed by atoms with Crippen molar-refractivity contribution in [2.75, 3.05) is 48.3 Å². The lowest BCUT2D eigenvalue weighted by Crippen LogP contribution is -2.41. The molecule has 0 radical (unpaired) electrons. The van der Waals surface area contributed by atoms with Gasteiger partial charge in [0.1, 0.15) is 36.0 Å². The molecule has 2 heterocycles. The molecule has 0 amide bonds. The number of nitrogens with one attached hydrogen (secondary N) is 2. The highest BCUT2D eigenvalue weighted by atomic mass is 32.2. The summed E-state index contributed by atoms with van der Waals surface area (Å²) in [4.78, 5) is 11.3. The van der Waals surface area contributed by atoms with Crippen molar-refractivity contribution in [3.63, 3.8) is 0 Å². The molecular weight excluding hydrogens is 470 g/mol. The highest BCUT2D eigenvalue weighted by molar-refractivity contribution is 7.91. The fraction of sp³-hybridized carbons (Fsp3) is 0.286. The van der Waals surface area contributed by atoms with Gasteiger partial charge in [0.25, 0.3) is 0 Å². The maximum absolute atomic E-state index is 11.5. The third-order valence-electron chi connectivity index (χ3n) is 6.25. The molecule has 36 heavy (non-hydrogen) atoms. The summed E-state index contributed by atoms with van der Waals surface area (Å²) in [6.45, 7) is 4.33. The first-order valence-corrected chi connectivity index (χ1v) is 13.8. The van der Waals surface area contributed by atoms with Crippen molar-refractivity contribution in [3.05, 3.63) is 84.7 Å². The van der Waals surface area contributed by atoms with Gasteiger partial charge in [0.15, 0.2) is 0 Å². The van der Waals surface area contributed by atoms with Crippen molar-refractivity contribution < 1.29 is 9.29 Å². The Morgan fingerprint density at radius 1 is 0.917 bits per heavy atom. The van der Waals surface area contributed by atoms with Crippen LogP contribution in [0.5, 0.6) is 5.75 Å². The third kappa shape index (κ3) is 6.66. The van der Waals surface area contributed by atoms with Gasteiger partial charge in [0.2, 0.25) is 0 Å². The molecule has 0 bridgehead atoms. The number of ether oxygens (including phenoxy) is 1. The molecule has 0 aliphatic carbocycles. The van der Waals surface area contributed by atoms with Gasteiger partial charge in [0, 0.05) is 42.9 Å². The lowest BCUT2D eigenvalue weighted by Gasteiger charge is -2.27. The number of aromatic nitrogens is 2. The zero-order chi connectivity index (χ0) is 24.6. The Labute approximate surface area is 215 Å². The monoisotopic (exact) mass is 501 g/mol. The van der Waals surface area contributed by atoms with Crippen molar-refractivity contribution in [2.45, 2.75) is 13.0 Å². The molecule has 3 aromatic carbocycles. The van der Waals surface area contributed by atoms with Crippen molar-refractivity contribution in [2.24, 2.45) is 0 Å².